The minimum absolute atomic E-state index is 0.370. The maximum absolute atomic E-state index is 12.0. The van der Waals surface area contributed by atoms with Crippen LogP contribution < -0.4 is 0 Å². The molecule has 0 amide bonds. The van der Waals surface area contributed by atoms with Crippen molar-refractivity contribution < 1.29 is 40.0 Å². The van der Waals surface area contributed by atoms with Crippen molar-refractivity contribution in [2.24, 2.45) is 0 Å². The first-order chi connectivity index (χ1) is 9.97. The van der Waals surface area contributed by atoms with Crippen LogP contribution in [-0.4, -0.2) is 25.6 Å². The molecule has 0 radical (unpaired) electrons. The SMILES string of the molecule is CCCCCCC=CP(=O)(OCC(F)(F)F)OCC(F)(F)F. The summed E-state index contributed by atoms with van der Waals surface area (Å²) in [4.78, 5) is 0. The third-order valence-corrected chi connectivity index (χ3v) is 3.88. The summed E-state index contributed by atoms with van der Waals surface area (Å²) in [6.07, 6.45) is -4.55. The fraction of sp³-hybridized carbons (Fsp3) is 0.833. The largest absolute Gasteiger partial charge is 0.412 e. The molecule has 0 atom stereocenters. The molecule has 0 spiro atoms. The number of hydrogen-bond acceptors (Lipinski definition) is 3. The van der Waals surface area contributed by atoms with Crippen LogP contribution >= 0.6 is 7.60 Å². The van der Waals surface area contributed by atoms with Gasteiger partial charge in [-0.3, -0.25) is 13.6 Å². The zero-order valence-electron chi connectivity index (χ0n) is 12.0. The van der Waals surface area contributed by atoms with Gasteiger partial charge >= 0.3 is 19.9 Å². The van der Waals surface area contributed by atoms with Crippen molar-refractivity contribution in [2.75, 3.05) is 13.2 Å². The predicted molar refractivity (Wildman–Crippen MR) is 69.5 cm³/mol. The Morgan fingerprint density at radius 1 is 0.909 bits per heavy atom. The molecule has 0 aliphatic rings. The molecule has 132 valence electrons. The Morgan fingerprint density at radius 2 is 1.41 bits per heavy atom. The fourth-order valence-corrected chi connectivity index (χ4v) is 2.65. The fourth-order valence-electron chi connectivity index (χ4n) is 1.34. The van der Waals surface area contributed by atoms with E-state index in [-0.39, 0.29) is 0 Å². The second-order valence-electron chi connectivity index (χ2n) is 4.55. The lowest BCUT2D eigenvalue weighted by atomic mass is 10.2. The Balaban J connectivity index is 4.56. The second-order valence-corrected chi connectivity index (χ2v) is 6.45. The average molecular weight is 356 g/mol. The molecule has 10 heteroatoms. The van der Waals surface area contributed by atoms with E-state index in [1.165, 1.54) is 6.08 Å². The van der Waals surface area contributed by atoms with Gasteiger partial charge in [-0.25, -0.2) is 0 Å². The summed E-state index contributed by atoms with van der Waals surface area (Å²) in [6.45, 7) is -1.90. The lowest BCUT2D eigenvalue weighted by Crippen LogP contribution is -2.19. The van der Waals surface area contributed by atoms with Gasteiger partial charge in [0.25, 0.3) is 0 Å². The first kappa shape index (κ1) is 21.5. The Labute approximate surface area is 125 Å². The molecule has 0 aromatic heterocycles. The van der Waals surface area contributed by atoms with E-state index in [0.29, 0.717) is 18.7 Å². The van der Waals surface area contributed by atoms with Crippen molar-refractivity contribution in [3.63, 3.8) is 0 Å². The highest BCUT2D eigenvalue weighted by Crippen LogP contribution is 2.51. The standard InChI is InChI=1S/C12H19F6O3P/c1-2-3-4-5-6-7-8-22(19,20-9-11(13,14)15)21-10-12(16,17)18/h7-8H,2-6,9-10H2,1H3. The van der Waals surface area contributed by atoms with Gasteiger partial charge in [-0.05, 0) is 12.8 Å². The van der Waals surface area contributed by atoms with Crippen LogP contribution in [-0.2, 0) is 13.6 Å². The van der Waals surface area contributed by atoms with Crippen LogP contribution in [0.5, 0.6) is 0 Å². The molecule has 0 heterocycles. The highest BCUT2D eigenvalue weighted by atomic mass is 31.2. The van der Waals surface area contributed by atoms with Crippen LogP contribution in [0.4, 0.5) is 26.3 Å². The molecule has 0 aromatic rings. The van der Waals surface area contributed by atoms with Gasteiger partial charge < -0.3 is 0 Å². The molecule has 0 aromatic carbocycles. The summed E-state index contributed by atoms with van der Waals surface area (Å²) in [7, 11) is -4.59. The lowest BCUT2D eigenvalue weighted by molar-refractivity contribution is -0.164. The van der Waals surface area contributed by atoms with Crippen LogP contribution in [0.25, 0.3) is 0 Å². The van der Waals surface area contributed by atoms with Crippen molar-refractivity contribution >= 4 is 7.60 Å². The smallest absolute Gasteiger partial charge is 0.296 e. The molecular formula is C12H19F6O3P. The zero-order valence-corrected chi connectivity index (χ0v) is 12.9. The van der Waals surface area contributed by atoms with Crippen molar-refractivity contribution in [1.29, 1.82) is 0 Å². The minimum Gasteiger partial charge on any atom is -0.296 e. The maximum Gasteiger partial charge on any atom is 0.412 e. The van der Waals surface area contributed by atoms with E-state index >= 15 is 0 Å². The van der Waals surface area contributed by atoms with E-state index in [1.54, 1.807) is 0 Å². The van der Waals surface area contributed by atoms with Crippen LogP contribution in [0, 0.1) is 0 Å². The Morgan fingerprint density at radius 3 is 1.82 bits per heavy atom. The first-order valence-electron chi connectivity index (χ1n) is 6.67. The monoisotopic (exact) mass is 356 g/mol. The molecule has 22 heavy (non-hydrogen) atoms. The lowest BCUT2D eigenvalue weighted by Gasteiger charge is -2.17. The first-order valence-corrected chi connectivity index (χ1v) is 8.28. The van der Waals surface area contributed by atoms with Crippen LogP contribution in [0.2, 0.25) is 0 Å². The third kappa shape index (κ3) is 13.2. The molecule has 0 bridgehead atoms. The molecule has 0 rings (SSSR count). The van der Waals surface area contributed by atoms with Crippen LogP contribution in [0.1, 0.15) is 39.0 Å². The molecular weight excluding hydrogens is 337 g/mol. The molecule has 0 N–H and O–H groups in total. The normalized spacial score (nSPS) is 14.0. The topological polar surface area (TPSA) is 35.5 Å². The van der Waals surface area contributed by atoms with Gasteiger partial charge in [-0.15, -0.1) is 0 Å². The number of alkyl halides is 6. The number of halogens is 6. The number of allylic oxidation sites excluding steroid dienone is 1. The van der Waals surface area contributed by atoms with Crippen molar-refractivity contribution in [2.45, 2.75) is 51.4 Å². The Bertz CT molecular complexity index is 356. The zero-order chi connectivity index (χ0) is 17.3. The third-order valence-electron chi connectivity index (χ3n) is 2.33. The highest BCUT2D eigenvalue weighted by molar-refractivity contribution is 7.57. The van der Waals surface area contributed by atoms with E-state index in [2.05, 4.69) is 9.05 Å². The van der Waals surface area contributed by atoms with Crippen molar-refractivity contribution in [3.8, 4) is 0 Å². The predicted octanol–water partition coefficient (Wildman–Crippen LogP) is 5.82. The van der Waals surface area contributed by atoms with Crippen molar-refractivity contribution in [3.05, 3.63) is 11.9 Å². The number of unbranched alkanes of at least 4 members (excludes halogenated alkanes) is 4. The van der Waals surface area contributed by atoms with Crippen molar-refractivity contribution in [1.82, 2.24) is 0 Å². The van der Waals surface area contributed by atoms with Gasteiger partial charge in [0.1, 0.15) is 0 Å². The minimum atomic E-state index is -4.81. The average Bonchev–Trinajstić information content (AvgIpc) is 2.37. The molecule has 0 unspecified atom stereocenters. The van der Waals surface area contributed by atoms with E-state index in [9.17, 15) is 30.9 Å². The molecule has 0 saturated carbocycles. The molecule has 0 fully saturated rings. The van der Waals surface area contributed by atoms with Gasteiger partial charge in [-0.2, -0.15) is 26.3 Å². The number of hydrogen-bond donors (Lipinski definition) is 0. The van der Waals surface area contributed by atoms with Gasteiger partial charge in [-0.1, -0.05) is 32.3 Å². The summed E-state index contributed by atoms with van der Waals surface area (Å²) in [5, 5.41) is 0. The molecule has 3 nitrogen and oxygen atoms in total. The van der Waals surface area contributed by atoms with Gasteiger partial charge in [0.05, 0.1) is 0 Å². The van der Waals surface area contributed by atoms with Crippen LogP contribution in [0.15, 0.2) is 11.9 Å². The Kier molecular flexibility index (Phi) is 9.34. The van der Waals surface area contributed by atoms with E-state index in [0.717, 1.165) is 19.3 Å². The summed E-state index contributed by atoms with van der Waals surface area (Å²) in [5.41, 5.74) is 0. The second kappa shape index (κ2) is 9.57. The molecule has 0 aliphatic heterocycles. The quantitative estimate of drug-likeness (QED) is 0.281. The summed E-state index contributed by atoms with van der Waals surface area (Å²) >= 11 is 0. The summed E-state index contributed by atoms with van der Waals surface area (Å²) < 4.78 is 92.2. The Hall–Kier alpha value is -0.530. The highest BCUT2D eigenvalue weighted by Gasteiger charge is 2.37. The van der Waals surface area contributed by atoms with E-state index < -0.39 is 33.2 Å². The number of rotatable bonds is 10. The molecule has 0 aliphatic carbocycles. The summed E-state index contributed by atoms with van der Waals surface area (Å²) in [5.74, 6) is 0.663. The van der Waals surface area contributed by atoms with E-state index in [1.807, 2.05) is 6.92 Å². The molecule has 0 saturated heterocycles. The van der Waals surface area contributed by atoms with Gasteiger partial charge in [0.15, 0.2) is 13.2 Å². The summed E-state index contributed by atoms with van der Waals surface area (Å²) in [6, 6.07) is 0. The maximum atomic E-state index is 12.0. The van der Waals surface area contributed by atoms with E-state index in [4.69, 9.17) is 0 Å². The van der Waals surface area contributed by atoms with Gasteiger partial charge in [0.2, 0.25) is 0 Å². The van der Waals surface area contributed by atoms with Gasteiger partial charge in [0, 0.05) is 5.82 Å². The van der Waals surface area contributed by atoms with Crippen LogP contribution in [0.3, 0.4) is 0 Å².